The van der Waals surface area contributed by atoms with Crippen LogP contribution >= 0.6 is 0 Å². The average Bonchev–Trinajstić information content (AvgIpc) is 2.91. The third-order valence-electron chi connectivity index (χ3n) is 4.69. The molecule has 1 aliphatic rings. The topological polar surface area (TPSA) is 12.0 Å². The van der Waals surface area contributed by atoms with Gasteiger partial charge in [0.05, 0.1) is 0 Å². The quantitative estimate of drug-likeness (QED) is 0.821. The molecule has 20 heavy (non-hydrogen) atoms. The maximum absolute atomic E-state index is 14.4. The van der Waals surface area contributed by atoms with E-state index in [1.165, 1.54) is 18.6 Å². The molecular weight excluding hydrogens is 256 g/mol. The van der Waals surface area contributed by atoms with Gasteiger partial charge in [-0.1, -0.05) is 32.8 Å². The van der Waals surface area contributed by atoms with Gasteiger partial charge in [-0.2, -0.15) is 0 Å². The van der Waals surface area contributed by atoms with Crippen LogP contribution in [0.4, 0.5) is 8.78 Å². The summed E-state index contributed by atoms with van der Waals surface area (Å²) in [4.78, 5) is 0. The normalized spacial score (nSPS) is 24.1. The van der Waals surface area contributed by atoms with Crippen molar-refractivity contribution in [2.75, 3.05) is 6.54 Å². The maximum atomic E-state index is 14.4. The van der Waals surface area contributed by atoms with E-state index in [1.54, 1.807) is 6.92 Å². The second kappa shape index (κ2) is 6.66. The molecule has 1 saturated carbocycles. The van der Waals surface area contributed by atoms with E-state index in [2.05, 4.69) is 12.2 Å². The number of nitrogens with one attached hydrogen (secondary N) is 1. The van der Waals surface area contributed by atoms with Gasteiger partial charge < -0.3 is 5.32 Å². The van der Waals surface area contributed by atoms with Gasteiger partial charge in [0, 0.05) is 11.6 Å². The second-order valence-corrected chi connectivity index (χ2v) is 5.97. The number of rotatable bonds is 5. The van der Waals surface area contributed by atoms with Crippen LogP contribution in [0.5, 0.6) is 0 Å². The van der Waals surface area contributed by atoms with Crippen molar-refractivity contribution in [1.82, 2.24) is 5.32 Å². The van der Waals surface area contributed by atoms with E-state index in [0.717, 1.165) is 25.8 Å². The summed E-state index contributed by atoms with van der Waals surface area (Å²) in [5.74, 6) is 0.248. The van der Waals surface area contributed by atoms with Crippen LogP contribution < -0.4 is 5.32 Å². The molecule has 3 unspecified atom stereocenters. The van der Waals surface area contributed by atoms with Crippen LogP contribution in [0.3, 0.4) is 0 Å². The van der Waals surface area contributed by atoms with Crippen molar-refractivity contribution in [3.63, 3.8) is 0 Å². The van der Waals surface area contributed by atoms with Crippen LogP contribution in [0.15, 0.2) is 12.1 Å². The molecule has 2 rings (SSSR count). The molecule has 1 fully saturated rings. The third-order valence-corrected chi connectivity index (χ3v) is 4.69. The van der Waals surface area contributed by atoms with Gasteiger partial charge in [0.2, 0.25) is 0 Å². The highest BCUT2D eigenvalue weighted by Gasteiger charge is 2.33. The zero-order valence-corrected chi connectivity index (χ0v) is 12.7. The molecule has 0 spiro atoms. The molecule has 0 heterocycles. The van der Waals surface area contributed by atoms with Crippen molar-refractivity contribution in [1.29, 1.82) is 0 Å². The number of aryl methyl sites for hydroxylation is 1. The lowest BCUT2D eigenvalue weighted by molar-refractivity contribution is 0.338. The lowest BCUT2D eigenvalue weighted by Gasteiger charge is -2.26. The summed E-state index contributed by atoms with van der Waals surface area (Å²) in [6.07, 6.45) is 4.47. The zero-order chi connectivity index (χ0) is 14.7. The van der Waals surface area contributed by atoms with Crippen LogP contribution in [0.2, 0.25) is 0 Å². The Morgan fingerprint density at radius 3 is 2.60 bits per heavy atom. The molecule has 1 aliphatic carbocycles. The predicted octanol–water partition coefficient (Wildman–Crippen LogP) is 4.75. The molecule has 0 aliphatic heterocycles. The van der Waals surface area contributed by atoms with Crippen LogP contribution in [-0.4, -0.2) is 6.54 Å². The summed E-state index contributed by atoms with van der Waals surface area (Å²) in [5, 5.41) is 3.31. The molecule has 3 atom stereocenters. The number of halogens is 2. The Bertz CT molecular complexity index is 459. The van der Waals surface area contributed by atoms with E-state index in [0.29, 0.717) is 17.4 Å². The van der Waals surface area contributed by atoms with Gasteiger partial charge in [0.25, 0.3) is 0 Å². The first-order valence-corrected chi connectivity index (χ1v) is 7.76. The smallest absolute Gasteiger partial charge is 0.133 e. The molecule has 0 saturated heterocycles. The van der Waals surface area contributed by atoms with E-state index < -0.39 is 5.82 Å². The summed E-state index contributed by atoms with van der Waals surface area (Å²) in [6.45, 7) is 6.61. The molecule has 0 amide bonds. The highest BCUT2D eigenvalue weighted by Crippen LogP contribution is 2.41. The molecule has 0 bridgehead atoms. The molecule has 1 aromatic carbocycles. The van der Waals surface area contributed by atoms with Crippen LogP contribution in [-0.2, 0) is 0 Å². The molecule has 0 aromatic heterocycles. The first kappa shape index (κ1) is 15.4. The first-order chi connectivity index (χ1) is 9.58. The highest BCUT2D eigenvalue weighted by molar-refractivity contribution is 5.30. The fourth-order valence-electron chi connectivity index (χ4n) is 3.47. The lowest BCUT2D eigenvalue weighted by atomic mass is 9.89. The molecular formula is C17H25F2N. The fourth-order valence-corrected chi connectivity index (χ4v) is 3.47. The lowest BCUT2D eigenvalue weighted by Crippen LogP contribution is -2.29. The van der Waals surface area contributed by atoms with Gasteiger partial charge in [-0.3, -0.25) is 0 Å². The van der Waals surface area contributed by atoms with E-state index in [1.807, 2.05) is 6.92 Å². The van der Waals surface area contributed by atoms with E-state index in [4.69, 9.17) is 0 Å². The van der Waals surface area contributed by atoms with Crippen molar-refractivity contribution in [2.24, 2.45) is 11.8 Å². The fraction of sp³-hybridized carbons (Fsp3) is 0.647. The minimum atomic E-state index is -0.418. The SMILES string of the molecule is CCNC(c1c(F)ccc(C)c1F)C1CCC(CC)C1. The van der Waals surface area contributed by atoms with Crippen LogP contribution in [0, 0.1) is 30.4 Å². The summed E-state index contributed by atoms with van der Waals surface area (Å²) in [5.41, 5.74) is 0.767. The first-order valence-electron chi connectivity index (χ1n) is 7.76. The number of hydrogen-bond acceptors (Lipinski definition) is 1. The summed E-state index contributed by atoms with van der Waals surface area (Å²) in [6, 6.07) is 2.71. The van der Waals surface area contributed by atoms with Crippen molar-refractivity contribution in [2.45, 2.75) is 52.5 Å². The van der Waals surface area contributed by atoms with Gasteiger partial charge in [0.15, 0.2) is 0 Å². The van der Waals surface area contributed by atoms with Crippen molar-refractivity contribution in [3.05, 3.63) is 34.9 Å². The van der Waals surface area contributed by atoms with Crippen molar-refractivity contribution in [3.8, 4) is 0 Å². The van der Waals surface area contributed by atoms with Crippen molar-refractivity contribution < 1.29 is 8.78 Å². The van der Waals surface area contributed by atoms with Gasteiger partial charge in [-0.25, -0.2) is 8.78 Å². The Morgan fingerprint density at radius 2 is 2.00 bits per heavy atom. The van der Waals surface area contributed by atoms with Crippen LogP contribution in [0.1, 0.15) is 56.7 Å². The Kier molecular flexibility index (Phi) is 5.14. The maximum Gasteiger partial charge on any atom is 0.133 e. The highest BCUT2D eigenvalue weighted by atomic mass is 19.1. The minimum Gasteiger partial charge on any atom is -0.310 e. The summed E-state index contributed by atoms with van der Waals surface area (Å²) >= 11 is 0. The molecule has 1 aromatic rings. The number of hydrogen-bond donors (Lipinski definition) is 1. The standard InChI is InChI=1S/C17H25F2N/c1-4-12-7-8-13(10-12)17(20-5-2)15-14(18)9-6-11(3)16(15)19/h6,9,12-13,17,20H,4-5,7-8,10H2,1-3H3. The Morgan fingerprint density at radius 1 is 1.25 bits per heavy atom. The van der Waals surface area contributed by atoms with E-state index >= 15 is 0 Å². The van der Waals surface area contributed by atoms with Gasteiger partial charge in [-0.05, 0) is 49.8 Å². The predicted molar refractivity (Wildman–Crippen MR) is 78.6 cm³/mol. The van der Waals surface area contributed by atoms with E-state index in [9.17, 15) is 8.78 Å². The molecule has 1 nitrogen and oxygen atoms in total. The van der Waals surface area contributed by atoms with Crippen molar-refractivity contribution >= 4 is 0 Å². The minimum absolute atomic E-state index is 0.198. The molecule has 3 heteroatoms. The van der Waals surface area contributed by atoms with Gasteiger partial charge in [-0.15, -0.1) is 0 Å². The largest absolute Gasteiger partial charge is 0.310 e. The average molecular weight is 281 g/mol. The van der Waals surface area contributed by atoms with Gasteiger partial charge >= 0.3 is 0 Å². The Hall–Kier alpha value is -0.960. The molecule has 1 N–H and O–H groups in total. The zero-order valence-electron chi connectivity index (χ0n) is 12.7. The molecule has 112 valence electrons. The summed E-state index contributed by atoms with van der Waals surface area (Å²) in [7, 11) is 0. The van der Waals surface area contributed by atoms with Gasteiger partial charge in [0.1, 0.15) is 11.6 Å². The monoisotopic (exact) mass is 281 g/mol. The Labute approximate surface area is 120 Å². The number of benzene rings is 1. The van der Waals surface area contributed by atoms with E-state index in [-0.39, 0.29) is 17.4 Å². The van der Waals surface area contributed by atoms with Crippen LogP contribution in [0.25, 0.3) is 0 Å². The second-order valence-electron chi connectivity index (χ2n) is 5.97. The Balaban J connectivity index is 2.32. The molecule has 0 radical (unpaired) electrons. The third kappa shape index (κ3) is 3.03. The summed E-state index contributed by atoms with van der Waals surface area (Å²) < 4.78 is 28.5.